The van der Waals surface area contributed by atoms with Gasteiger partial charge in [-0.05, 0) is 37.1 Å². The van der Waals surface area contributed by atoms with E-state index in [1.165, 1.54) is 16.7 Å². The molecular weight excluding hydrogens is 260 g/mol. The van der Waals surface area contributed by atoms with Gasteiger partial charge in [-0.2, -0.15) is 0 Å². The zero-order valence-electron chi connectivity index (χ0n) is 13.0. The first-order chi connectivity index (χ1) is 10.3. The zero-order chi connectivity index (χ0) is 14.7. The van der Waals surface area contributed by atoms with Crippen molar-refractivity contribution in [2.75, 3.05) is 13.1 Å². The van der Waals surface area contributed by atoms with E-state index in [0.29, 0.717) is 0 Å². The second kappa shape index (κ2) is 6.46. The molecule has 0 aliphatic carbocycles. The van der Waals surface area contributed by atoms with Crippen molar-refractivity contribution >= 4 is 0 Å². The maximum absolute atomic E-state index is 5.84. The summed E-state index contributed by atoms with van der Waals surface area (Å²) in [6.45, 7) is 9.13. The van der Waals surface area contributed by atoms with Gasteiger partial charge in [0.2, 0.25) is 0 Å². The lowest BCUT2D eigenvalue weighted by Gasteiger charge is -2.28. The standard InChI is InChI=1S/C18H24N2O/c1-3-19-11-18-10-17(14(2)21-18)13-20-9-8-15-6-4-5-7-16(15)12-20/h4-7,10,19H,3,8-9,11-13H2,1-2H3. The molecule has 0 saturated heterocycles. The highest BCUT2D eigenvalue weighted by Crippen LogP contribution is 2.22. The van der Waals surface area contributed by atoms with Gasteiger partial charge in [0, 0.05) is 25.2 Å². The van der Waals surface area contributed by atoms with Crippen LogP contribution in [0, 0.1) is 6.92 Å². The van der Waals surface area contributed by atoms with Crippen molar-refractivity contribution in [3.63, 3.8) is 0 Å². The monoisotopic (exact) mass is 284 g/mol. The lowest BCUT2D eigenvalue weighted by molar-refractivity contribution is 0.244. The predicted molar refractivity (Wildman–Crippen MR) is 85.1 cm³/mol. The second-order valence-electron chi connectivity index (χ2n) is 5.80. The first-order valence-electron chi connectivity index (χ1n) is 7.84. The molecule has 1 aromatic carbocycles. The number of fused-ring (bicyclic) bond motifs is 1. The fourth-order valence-electron chi connectivity index (χ4n) is 3.01. The zero-order valence-corrected chi connectivity index (χ0v) is 13.0. The Morgan fingerprint density at radius 1 is 1.24 bits per heavy atom. The highest BCUT2D eigenvalue weighted by atomic mass is 16.3. The maximum atomic E-state index is 5.84. The van der Waals surface area contributed by atoms with Gasteiger partial charge in [0.25, 0.3) is 0 Å². The minimum absolute atomic E-state index is 0.820. The highest BCUT2D eigenvalue weighted by Gasteiger charge is 2.17. The van der Waals surface area contributed by atoms with Crippen molar-refractivity contribution in [1.29, 1.82) is 0 Å². The van der Waals surface area contributed by atoms with Crippen LogP contribution in [-0.2, 0) is 26.1 Å². The molecule has 0 bridgehead atoms. The Kier molecular flexibility index (Phi) is 4.42. The highest BCUT2D eigenvalue weighted by molar-refractivity contribution is 5.29. The number of aryl methyl sites for hydroxylation is 1. The molecule has 3 nitrogen and oxygen atoms in total. The van der Waals surface area contributed by atoms with Crippen molar-refractivity contribution in [1.82, 2.24) is 10.2 Å². The van der Waals surface area contributed by atoms with Crippen LogP contribution in [0.4, 0.5) is 0 Å². The third kappa shape index (κ3) is 3.36. The van der Waals surface area contributed by atoms with E-state index in [4.69, 9.17) is 4.42 Å². The van der Waals surface area contributed by atoms with Crippen LogP contribution in [0.1, 0.15) is 35.1 Å². The SMILES string of the molecule is CCNCc1cc(CN2CCc3ccccc3C2)c(C)o1. The van der Waals surface area contributed by atoms with Gasteiger partial charge in [0.05, 0.1) is 6.54 Å². The molecule has 0 amide bonds. The molecule has 21 heavy (non-hydrogen) atoms. The average molecular weight is 284 g/mol. The third-order valence-electron chi connectivity index (χ3n) is 4.22. The van der Waals surface area contributed by atoms with Crippen molar-refractivity contribution in [2.45, 2.75) is 39.9 Å². The smallest absolute Gasteiger partial charge is 0.118 e. The van der Waals surface area contributed by atoms with Crippen LogP contribution in [0.2, 0.25) is 0 Å². The molecular formula is C18H24N2O. The van der Waals surface area contributed by atoms with Crippen LogP contribution in [-0.4, -0.2) is 18.0 Å². The number of hydrogen-bond acceptors (Lipinski definition) is 3. The molecule has 0 saturated carbocycles. The number of nitrogens with zero attached hydrogens (tertiary/aromatic N) is 1. The quantitative estimate of drug-likeness (QED) is 0.913. The molecule has 112 valence electrons. The predicted octanol–water partition coefficient (Wildman–Crippen LogP) is 3.26. The van der Waals surface area contributed by atoms with Crippen molar-refractivity contribution in [3.8, 4) is 0 Å². The van der Waals surface area contributed by atoms with Gasteiger partial charge in [-0.1, -0.05) is 31.2 Å². The minimum Gasteiger partial charge on any atom is -0.465 e. The van der Waals surface area contributed by atoms with E-state index < -0.39 is 0 Å². The van der Waals surface area contributed by atoms with Crippen LogP contribution in [0.25, 0.3) is 0 Å². The summed E-state index contributed by atoms with van der Waals surface area (Å²) in [5, 5.41) is 3.31. The van der Waals surface area contributed by atoms with E-state index in [9.17, 15) is 0 Å². The van der Waals surface area contributed by atoms with Gasteiger partial charge >= 0.3 is 0 Å². The van der Waals surface area contributed by atoms with Gasteiger partial charge in [-0.25, -0.2) is 0 Å². The lowest BCUT2D eigenvalue weighted by atomic mass is 9.99. The second-order valence-corrected chi connectivity index (χ2v) is 5.80. The molecule has 0 fully saturated rings. The first-order valence-corrected chi connectivity index (χ1v) is 7.84. The molecule has 3 rings (SSSR count). The summed E-state index contributed by atoms with van der Waals surface area (Å²) in [6.07, 6.45) is 1.15. The molecule has 1 aromatic heterocycles. The molecule has 2 heterocycles. The molecule has 0 unspecified atom stereocenters. The fraction of sp³-hybridized carbons (Fsp3) is 0.444. The Balaban J connectivity index is 1.66. The summed E-state index contributed by atoms with van der Waals surface area (Å²) in [7, 11) is 0. The molecule has 2 aromatic rings. The summed E-state index contributed by atoms with van der Waals surface area (Å²) < 4.78 is 5.84. The normalized spacial score (nSPS) is 15.1. The fourth-order valence-corrected chi connectivity index (χ4v) is 3.01. The third-order valence-corrected chi connectivity index (χ3v) is 4.22. The molecule has 0 radical (unpaired) electrons. The van der Waals surface area contributed by atoms with Gasteiger partial charge in [-0.15, -0.1) is 0 Å². The summed E-state index contributed by atoms with van der Waals surface area (Å²) in [5.41, 5.74) is 4.30. The first kappa shape index (κ1) is 14.4. The van der Waals surface area contributed by atoms with Crippen LogP contribution < -0.4 is 5.32 Å². The Hall–Kier alpha value is -1.58. The van der Waals surface area contributed by atoms with E-state index >= 15 is 0 Å². The van der Waals surface area contributed by atoms with E-state index in [1.807, 2.05) is 0 Å². The Labute approximate surface area is 127 Å². The largest absolute Gasteiger partial charge is 0.465 e. The van der Waals surface area contributed by atoms with E-state index in [2.05, 4.69) is 54.4 Å². The number of furan rings is 1. The van der Waals surface area contributed by atoms with Gasteiger partial charge in [-0.3, -0.25) is 4.90 Å². The van der Waals surface area contributed by atoms with Crippen LogP contribution in [0.5, 0.6) is 0 Å². The molecule has 3 heteroatoms. The van der Waals surface area contributed by atoms with Crippen LogP contribution in [0.3, 0.4) is 0 Å². The van der Waals surface area contributed by atoms with E-state index in [0.717, 1.165) is 50.7 Å². The number of rotatable bonds is 5. The number of benzene rings is 1. The Bertz CT molecular complexity index is 603. The summed E-state index contributed by atoms with van der Waals surface area (Å²) in [6, 6.07) is 11.0. The maximum Gasteiger partial charge on any atom is 0.118 e. The molecule has 1 aliphatic heterocycles. The van der Waals surface area contributed by atoms with Crippen molar-refractivity contribution < 1.29 is 4.42 Å². The Morgan fingerprint density at radius 2 is 2.05 bits per heavy atom. The van der Waals surface area contributed by atoms with Gasteiger partial charge in [0.1, 0.15) is 11.5 Å². The van der Waals surface area contributed by atoms with Gasteiger partial charge < -0.3 is 9.73 Å². The van der Waals surface area contributed by atoms with Crippen molar-refractivity contribution in [2.24, 2.45) is 0 Å². The summed E-state index contributed by atoms with van der Waals surface area (Å²) >= 11 is 0. The lowest BCUT2D eigenvalue weighted by Crippen LogP contribution is -2.30. The molecule has 0 spiro atoms. The Morgan fingerprint density at radius 3 is 2.86 bits per heavy atom. The van der Waals surface area contributed by atoms with Crippen molar-refractivity contribution in [3.05, 3.63) is 58.5 Å². The van der Waals surface area contributed by atoms with Crippen LogP contribution in [0.15, 0.2) is 34.7 Å². The molecule has 0 atom stereocenters. The van der Waals surface area contributed by atoms with E-state index in [-0.39, 0.29) is 0 Å². The number of hydrogen-bond donors (Lipinski definition) is 1. The number of nitrogens with one attached hydrogen (secondary N) is 1. The topological polar surface area (TPSA) is 28.4 Å². The minimum atomic E-state index is 0.820. The average Bonchev–Trinajstić information content (AvgIpc) is 2.85. The molecule has 1 aliphatic rings. The van der Waals surface area contributed by atoms with E-state index in [1.54, 1.807) is 0 Å². The molecule has 1 N–H and O–H groups in total. The van der Waals surface area contributed by atoms with Crippen LogP contribution >= 0.6 is 0 Å². The van der Waals surface area contributed by atoms with Gasteiger partial charge in [0.15, 0.2) is 0 Å². The summed E-state index contributed by atoms with van der Waals surface area (Å²) in [5.74, 6) is 2.10. The summed E-state index contributed by atoms with van der Waals surface area (Å²) in [4.78, 5) is 2.51.